The number of carbonyl (C=O) groups is 2. The highest BCUT2D eigenvalue weighted by Crippen LogP contribution is 2.21. The van der Waals surface area contributed by atoms with Crippen molar-refractivity contribution in [3.8, 4) is 0 Å². The topological polar surface area (TPSA) is 62.5 Å². The molecule has 1 aromatic rings. The van der Waals surface area contributed by atoms with Gasteiger partial charge in [-0.1, -0.05) is 0 Å². The van der Waals surface area contributed by atoms with Gasteiger partial charge in [-0.3, -0.25) is 9.59 Å². The number of hydrogen-bond donors (Lipinski definition) is 1. The summed E-state index contributed by atoms with van der Waals surface area (Å²) in [6, 6.07) is 1.78. The molecule has 1 fully saturated rings. The third-order valence-electron chi connectivity index (χ3n) is 3.25. The normalized spacial score (nSPS) is 19.2. The molecule has 1 aromatic heterocycles. The summed E-state index contributed by atoms with van der Waals surface area (Å²) >= 11 is 3.35. The van der Waals surface area contributed by atoms with Gasteiger partial charge >= 0.3 is 5.97 Å². The van der Waals surface area contributed by atoms with Crippen LogP contribution in [0.5, 0.6) is 0 Å². The molecule has 1 amide bonds. The number of halogens is 1. The Morgan fingerprint density at radius 1 is 1.56 bits per heavy atom. The van der Waals surface area contributed by atoms with Gasteiger partial charge in [0.05, 0.1) is 5.92 Å². The molecule has 5 nitrogen and oxygen atoms in total. The molecule has 1 atom stereocenters. The number of aromatic nitrogens is 1. The Kier molecular flexibility index (Phi) is 3.75. The third kappa shape index (κ3) is 2.43. The number of aryl methyl sites for hydroxylation is 1. The molecule has 0 spiro atoms. The van der Waals surface area contributed by atoms with E-state index < -0.39 is 11.9 Å². The molecule has 18 heavy (non-hydrogen) atoms. The van der Waals surface area contributed by atoms with E-state index in [4.69, 9.17) is 5.11 Å². The van der Waals surface area contributed by atoms with Crippen LogP contribution in [0.3, 0.4) is 0 Å². The molecule has 1 N–H and O–H groups in total. The quantitative estimate of drug-likeness (QED) is 0.925. The third-order valence-corrected chi connectivity index (χ3v) is 3.68. The molecule has 2 rings (SSSR count). The van der Waals surface area contributed by atoms with E-state index in [2.05, 4.69) is 15.9 Å². The summed E-state index contributed by atoms with van der Waals surface area (Å²) in [6.45, 7) is 3.50. The first kappa shape index (κ1) is 13.1. The van der Waals surface area contributed by atoms with Crippen LogP contribution in [-0.4, -0.2) is 39.5 Å². The van der Waals surface area contributed by atoms with Crippen LogP contribution in [0.15, 0.2) is 16.7 Å². The zero-order valence-corrected chi connectivity index (χ0v) is 11.7. The van der Waals surface area contributed by atoms with E-state index in [0.717, 1.165) is 4.47 Å². The van der Waals surface area contributed by atoms with Crippen LogP contribution in [0.1, 0.15) is 23.8 Å². The zero-order valence-electron chi connectivity index (χ0n) is 10.1. The Balaban J connectivity index is 2.15. The van der Waals surface area contributed by atoms with Gasteiger partial charge in [-0.15, -0.1) is 0 Å². The lowest BCUT2D eigenvalue weighted by atomic mass is 10.1. The lowest BCUT2D eigenvalue weighted by Crippen LogP contribution is -2.31. The Hall–Kier alpha value is -1.30. The average Bonchev–Trinajstić information content (AvgIpc) is 2.94. The maximum absolute atomic E-state index is 12.3. The fourth-order valence-corrected chi connectivity index (χ4v) is 2.69. The van der Waals surface area contributed by atoms with Crippen molar-refractivity contribution in [2.45, 2.75) is 19.9 Å². The Labute approximate surface area is 114 Å². The number of likely N-dealkylation sites (tertiary alicyclic amines) is 1. The predicted octanol–water partition coefficient (Wildman–Crippen LogP) is 1.82. The number of carboxylic acid groups (broad SMARTS) is 1. The number of hydrogen-bond acceptors (Lipinski definition) is 2. The Morgan fingerprint density at radius 2 is 2.28 bits per heavy atom. The van der Waals surface area contributed by atoms with Crippen molar-refractivity contribution in [2.24, 2.45) is 5.92 Å². The van der Waals surface area contributed by atoms with Gasteiger partial charge in [0.25, 0.3) is 5.91 Å². The fraction of sp³-hybridized carbons (Fsp3) is 0.500. The van der Waals surface area contributed by atoms with Crippen LogP contribution >= 0.6 is 15.9 Å². The van der Waals surface area contributed by atoms with Gasteiger partial charge in [0.2, 0.25) is 0 Å². The summed E-state index contributed by atoms with van der Waals surface area (Å²) in [7, 11) is 0. The molecule has 0 aliphatic carbocycles. The summed E-state index contributed by atoms with van der Waals surface area (Å²) < 4.78 is 2.72. The van der Waals surface area contributed by atoms with Crippen LogP contribution in [0, 0.1) is 5.92 Å². The first-order valence-corrected chi connectivity index (χ1v) is 6.70. The van der Waals surface area contributed by atoms with Gasteiger partial charge in [-0.25, -0.2) is 0 Å². The van der Waals surface area contributed by atoms with Crippen molar-refractivity contribution in [1.82, 2.24) is 9.47 Å². The molecule has 98 valence electrons. The summed E-state index contributed by atoms with van der Waals surface area (Å²) in [5.74, 6) is -1.34. The Bertz CT molecular complexity index is 484. The number of rotatable bonds is 3. The molecule has 6 heteroatoms. The second-order valence-electron chi connectivity index (χ2n) is 4.40. The first-order valence-electron chi connectivity index (χ1n) is 5.90. The maximum atomic E-state index is 12.3. The molecular formula is C12H15BrN2O3. The second kappa shape index (κ2) is 5.14. The van der Waals surface area contributed by atoms with Gasteiger partial charge in [-0.05, 0) is 35.3 Å². The minimum absolute atomic E-state index is 0.0914. The van der Waals surface area contributed by atoms with E-state index in [0.29, 0.717) is 31.7 Å². The second-order valence-corrected chi connectivity index (χ2v) is 5.32. The number of carbonyl (C=O) groups excluding carboxylic acids is 1. The van der Waals surface area contributed by atoms with Gasteiger partial charge in [0, 0.05) is 30.3 Å². The monoisotopic (exact) mass is 314 g/mol. The van der Waals surface area contributed by atoms with Crippen molar-refractivity contribution >= 4 is 27.8 Å². The minimum atomic E-state index is -0.822. The molecule has 0 radical (unpaired) electrons. The van der Waals surface area contributed by atoms with Crippen LogP contribution in [0.2, 0.25) is 0 Å². The van der Waals surface area contributed by atoms with E-state index in [1.807, 2.05) is 17.7 Å². The first-order chi connectivity index (χ1) is 8.52. The van der Waals surface area contributed by atoms with Gasteiger partial charge < -0.3 is 14.6 Å². The number of carboxylic acids is 1. The maximum Gasteiger partial charge on any atom is 0.308 e. The van der Waals surface area contributed by atoms with Crippen LogP contribution in [-0.2, 0) is 11.3 Å². The molecule has 2 heterocycles. The lowest BCUT2D eigenvalue weighted by Gasteiger charge is -2.16. The largest absolute Gasteiger partial charge is 0.481 e. The smallest absolute Gasteiger partial charge is 0.308 e. The van der Waals surface area contributed by atoms with Crippen molar-refractivity contribution in [2.75, 3.05) is 13.1 Å². The molecule has 0 unspecified atom stereocenters. The van der Waals surface area contributed by atoms with Crippen LogP contribution < -0.4 is 0 Å². The van der Waals surface area contributed by atoms with Gasteiger partial charge in [-0.2, -0.15) is 0 Å². The van der Waals surface area contributed by atoms with Crippen molar-refractivity contribution in [3.05, 3.63) is 22.4 Å². The van der Waals surface area contributed by atoms with E-state index >= 15 is 0 Å². The highest BCUT2D eigenvalue weighted by Gasteiger charge is 2.32. The standard InChI is InChI=1S/C12H15BrN2O3/c1-2-14-7-9(13)5-10(14)11(16)15-4-3-8(6-15)12(17)18/h5,7-8H,2-4,6H2,1H3,(H,17,18)/t8-/m0/s1. The SMILES string of the molecule is CCn1cc(Br)cc1C(=O)N1CC[C@H](C(=O)O)C1. The lowest BCUT2D eigenvalue weighted by molar-refractivity contribution is -0.141. The van der Waals surface area contributed by atoms with Gasteiger partial charge in [0.15, 0.2) is 0 Å². The van der Waals surface area contributed by atoms with E-state index in [-0.39, 0.29) is 5.91 Å². The van der Waals surface area contributed by atoms with Crippen molar-refractivity contribution in [3.63, 3.8) is 0 Å². The highest BCUT2D eigenvalue weighted by atomic mass is 79.9. The fourth-order valence-electron chi connectivity index (χ4n) is 2.22. The van der Waals surface area contributed by atoms with Crippen molar-refractivity contribution < 1.29 is 14.7 Å². The minimum Gasteiger partial charge on any atom is -0.481 e. The van der Waals surface area contributed by atoms with Crippen LogP contribution in [0.4, 0.5) is 0 Å². The summed E-state index contributed by atoms with van der Waals surface area (Å²) in [5, 5.41) is 8.94. The number of amides is 1. The summed E-state index contributed by atoms with van der Waals surface area (Å²) in [5.41, 5.74) is 0.607. The zero-order chi connectivity index (χ0) is 13.3. The average molecular weight is 315 g/mol. The van der Waals surface area contributed by atoms with E-state index in [1.54, 1.807) is 11.0 Å². The Morgan fingerprint density at radius 3 is 2.83 bits per heavy atom. The van der Waals surface area contributed by atoms with Crippen LogP contribution in [0.25, 0.3) is 0 Å². The molecule has 0 aromatic carbocycles. The molecule has 0 saturated carbocycles. The van der Waals surface area contributed by atoms with Gasteiger partial charge in [0.1, 0.15) is 5.69 Å². The number of aliphatic carboxylic acids is 1. The summed E-state index contributed by atoms with van der Waals surface area (Å²) in [4.78, 5) is 24.8. The molecule has 1 aliphatic rings. The van der Waals surface area contributed by atoms with Crippen molar-refractivity contribution in [1.29, 1.82) is 0 Å². The molecule has 1 saturated heterocycles. The molecular weight excluding hydrogens is 300 g/mol. The molecule has 0 bridgehead atoms. The predicted molar refractivity (Wildman–Crippen MR) is 69.5 cm³/mol. The highest BCUT2D eigenvalue weighted by molar-refractivity contribution is 9.10. The van der Waals surface area contributed by atoms with E-state index in [1.165, 1.54) is 0 Å². The number of nitrogens with zero attached hydrogens (tertiary/aromatic N) is 2. The summed E-state index contributed by atoms with van der Waals surface area (Å²) in [6.07, 6.45) is 2.40. The van der Waals surface area contributed by atoms with E-state index in [9.17, 15) is 9.59 Å². The molecule has 1 aliphatic heterocycles.